The van der Waals surface area contributed by atoms with Crippen LogP contribution in [0.25, 0.3) is 10.4 Å². The highest BCUT2D eigenvalue weighted by molar-refractivity contribution is 7.61. The van der Waals surface area contributed by atoms with Crippen LogP contribution in [-0.4, -0.2) is 18.1 Å². The van der Waals surface area contributed by atoms with Gasteiger partial charge >= 0.3 is 15.6 Å². The molecule has 0 rings (SSSR count). The maximum atomic E-state index is 12.6. The van der Waals surface area contributed by atoms with E-state index in [4.69, 9.17) is 14.6 Å². The third-order valence-electron chi connectivity index (χ3n) is 3.89. The molecule has 0 amide bonds. The molecular weight excluding hydrogens is 456 g/mol. The van der Waals surface area contributed by atoms with Crippen molar-refractivity contribution in [3.8, 4) is 0 Å². The van der Waals surface area contributed by atoms with Crippen LogP contribution in [0, 0.1) is 0 Å². The number of allylic oxidation sites excluding steroid dienone is 6. The fourth-order valence-corrected chi connectivity index (χ4v) is 4.40. The molecule has 0 saturated carbocycles. The second-order valence-electron chi connectivity index (χ2n) is 7.58. The van der Waals surface area contributed by atoms with Crippen molar-refractivity contribution < 1.29 is 32.0 Å². The predicted octanol–water partition coefficient (Wildman–Crippen LogP) is 7.87. The monoisotopic (exact) mass is 491 g/mol. The van der Waals surface area contributed by atoms with Gasteiger partial charge in [-0.2, -0.15) is 4.31 Å². The number of phosphoric ester groups is 1. The maximum absolute atomic E-state index is 12.6. The smallest absolute Gasteiger partial charge is 0.336 e. The van der Waals surface area contributed by atoms with Crippen molar-refractivity contribution in [1.29, 1.82) is 0 Å². The van der Waals surface area contributed by atoms with Gasteiger partial charge in [0, 0.05) is 4.91 Å². The minimum Gasteiger partial charge on any atom is -0.336 e. The van der Waals surface area contributed by atoms with E-state index in [1.807, 2.05) is 41.5 Å². The lowest BCUT2D eigenvalue weighted by Crippen LogP contribution is -2.00. The third kappa shape index (κ3) is 17.0. The summed E-state index contributed by atoms with van der Waals surface area (Å²) in [4.78, 5) is 12.2. The highest BCUT2D eigenvalue weighted by atomic mass is 31.3. The average molecular weight is 491 g/mol. The van der Waals surface area contributed by atoms with E-state index >= 15 is 0 Å². The van der Waals surface area contributed by atoms with Crippen LogP contribution in [0.15, 0.2) is 51.9 Å². The first-order valence-electron chi connectivity index (χ1n) is 10.1. The van der Waals surface area contributed by atoms with Crippen LogP contribution in [-0.2, 0) is 27.1 Å². The van der Waals surface area contributed by atoms with E-state index in [0.717, 1.165) is 36.8 Å². The molecule has 0 aromatic carbocycles. The molecule has 0 aromatic rings. The summed E-state index contributed by atoms with van der Waals surface area (Å²) in [7, 11) is -9.52. The van der Waals surface area contributed by atoms with Crippen LogP contribution in [0.3, 0.4) is 0 Å². The zero-order valence-corrected chi connectivity index (χ0v) is 21.5. The van der Waals surface area contributed by atoms with Gasteiger partial charge in [0.15, 0.2) is 0 Å². The highest BCUT2D eigenvalue weighted by Crippen LogP contribution is 2.63. The molecule has 0 aliphatic rings. The Kier molecular flexibility index (Phi) is 15.2. The van der Waals surface area contributed by atoms with Crippen LogP contribution in [0.5, 0.6) is 0 Å². The van der Waals surface area contributed by atoms with Crippen molar-refractivity contribution >= 4 is 15.6 Å². The van der Waals surface area contributed by atoms with Gasteiger partial charge in [0.25, 0.3) is 0 Å². The van der Waals surface area contributed by atoms with Gasteiger partial charge in [-0.05, 0) is 72.8 Å². The Hall–Kier alpha value is -1.63. The molecule has 0 spiro atoms. The Labute approximate surface area is 190 Å². The van der Waals surface area contributed by atoms with E-state index in [9.17, 15) is 14.0 Å². The van der Waals surface area contributed by atoms with Crippen LogP contribution in [0.4, 0.5) is 0 Å². The Morgan fingerprint density at radius 3 is 1.78 bits per heavy atom. The van der Waals surface area contributed by atoms with E-state index < -0.39 is 15.6 Å². The molecule has 0 radical (unpaired) electrons. The molecule has 0 aromatic heterocycles. The largest absolute Gasteiger partial charge is 0.545 e. The first-order chi connectivity index (χ1) is 14.9. The molecule has 12 heteroatoms. The molecular formula is C20H35N3O7P2. The van der Waals surface area contributed by atoms with Gasteiger partial charge in [-0.1, -0.05) is 46.6 Å². The number of phosphoric acid groups is 2. The Balaban J connectivity index is 4.91. The van der Waals surface area contributed by atoms with Gasteiger partial charge in [0.05, 0.1) is 13.2 Å². The van der Waals surface area contributed by atoms with E-state index in [1.54, 1.807) is 12.2 Å². The van der Waals surface area contributed by atoms with Crippen LogP contribution in [0.2, 0.25) is 0 Å². The third-order valence-corrected chi connectivity index (χ3v) is 6.73. The molecule has 1 N–H and O–H groups in total. The molecule has 0 aliphatic heterocycles. The first kappa shape index (κ1) is 30.4. The summed E-state index contributed by atoms with van der Waals surface area (Å²) in [6.07, 6.45) is 10.6. The zero-order valence-electron chi connectivity index (χ0n) is 19.7. The zero-order chi connectivity index (χ0) is 24.6. The fraction of sp³-hybridized carbons (Fsp3) is 0.600. The fourth-order valence-electron chi connectivity index (χ4n) is 2.20. The minimum atomic E-state index is -4.83. The summed E-state index contributed by atoms with van der Waals surface area (Å²) in [5.74, 6) is 0. The summed E-state index contributed by atoms with van der Waals surface area (Å²) in [6, 6.07) is 0. The number of rotatable bonds is 16. The number of hydrogen-bond acceptors (Lipinski definition) is 7. The Bertz CT molecular complexity index is 851. The Morgan fingerprint density at radius 2 is 1.34 bits per heavy atom. The summed E-state index contributed by atoms with van der Waals surface area (Å²) in [5, 5.41) is 2.69. The SMILES string of the molecule is CC(C)=CCC/C(C)=C/COP(=O)(O)OP(=O)(OC/C=C(\C)CCC=C(C)C)ON=[N+]=[N-]. The van der Waals surface area contributed by atoms with Gasteiger partial charge in [0.2, 0.25) is 0 Å². The molecule has 182 valence electrons. The van der Waals surface area contributed by atoms with E-state index in [1.165, 1.54) is 11.1 Å². The minimum absolute atomic E-state index is 0.248. The summed E-state index contributed by atoms with van der Waals surface area (Å²) in [5.41, 5.74) is 12.7. The number of nitrogens with zero attached hydrogens (tertiary/aromatic N) is 3. The molecule has 32 heavy (non-hydrogen) atoms. The standard InChI is InChI=1S/C20H35N3O7P2/c1-17(2)9-7-11-19(5)13-15-27-31(24,25)30-32(26,29-23-22-21)28-16-14-20(6)12-8-10-18(3)4/h9-10,13-14H,7-8,11-12,15-16H2,1-6H3,(H,24,25)/b19-13+,20-14+. The molecule has 10 nitrogen and oxygen atoms in total. The number of azide groups is 1. The second kappa shape index (κ2) is 16.1. The van der Waals surface area contributed by atoms with Crippen molar-refractivity contribution in [2.45, 2.75) is 67.2 Å². The highest BCUT2D eigenvalue weighted by Gasteiger charge is 2.39. The maximum Gasteiger partial charge on any atom is 0.545 e. The molecule has 0 aliphatic carbocycles. The van der Waals surface area contributed by atoms with Crippen molar-refractivity contribution in [3.05, 3.63) is 57.0 Å². The number of hydrogen-bond donors (Lipinski definition) is 1. The van der Waals surface area contributed by atoms with Crippen molar-refractivity contribution in [2.24, 2.45) is 5.28 Å². The molecule has 2 atom stereocenters. The van der Waals surface area contributed by atoms with Crippen molar-refractivity contribution in [3.63, 3.8) is 0 Å². The first-order valence-corrected chi connectivity index (χ1v) is 13.1. The van der Waals surface area contributed by atoms with Gasteiger partial charge in [0.1, 0.15) is 5.28 Å². The summed E-state index contributed by atoms with van der Waals surface area (Å²) < 4.78 is 43.5. The van der Waals surface area contributed by atoms with Gasteiger partial charge in [-0.15, -0.1) is 0 Å². The molecule has 0 bridgehead atoms. The topological polar surface area (TPSA) is 140 Å². The molecule has 2 unspecified atom stereocenters. The quantitative estimate of drug-likeness (QED) is 0.0578. The van der Waals surface area contributed by atoms with Crippen molar-refractivity contribution in [1.82, 2.24) is 0 Å². The van der Waals surface area contributed by atoms with Gasteiger partial charge < -0.3 is 9.52 Å². The van der Waals surface area contributed by atoms with E-state index in [2.05, 4.69) is 31.3 Å². The Morgan fingerprint density at radius 1 is 0.875 bits per heavy atom. The van der Waals surface area contributed by atoms with Gasteiger partial charge in [-0.25, -0.2) is 9.13 Å². The molecule has 0 heterocycles. The van der Waals surface area contributed by atoms with Gasteiger partial charge in [-0.3, -0.25) is 9.05 Å². The molecule has 0 fully saturated rings. The van der Waals surface area contributed by atoms with Crippen LogP contribution in [0.1, 0.15) is 67.2 Å². The van der Waals surface area contributed by atoms with Crippen molar-refractivity contribution in [2.75, 3.05) is 13.2 Å². The summed E-state index contributed by atoms with van der Waals surface area (Å²) >= 11 is 0. The van der Waals surface area contributed by atoms with Crippen LogP contribution >= 0.6 is 15.6 Å². The van der Waals surface area contributed by atoms with E-state index in [-0.39, 0.29) is 13.2 Å². The van der Waals surface area contributed by atoms with E-state index in [0.29, 0.717) is 0 Å². The normalized spacial score (nSPS) is 15.7. The lowest BCUT2D eigenvalue weighted by atomic mass is 10.1. The molecule has 0 saturated heterocycles. The lowest BCUT2D eigenvalue weighted by molar-refractivity contribution is 0.139. The average Bonchev–Trinajstić information content (AvgIpc) is 2.65. The predicted molar refractivity (Wildman–Crippen MR) is 125 cm³/mol. The summed E-state index contributed by atoms with van der Waals surface area (Å²) in [6.45, 7) is 11.2. The van der Waals surface area contributed by atoms with Crippen LogP contribution < -0.4 is 0 Å². The second-order valence-corrected chi connectivity index (χ2v) is 10.7. The lowest BCUT2D eigenvalue weighted by Gasteiger charge is -2.17.